The van der Waals surface area contributed by atoms with Gasteiger partial charge in [-0.25, -0.2) is 9.98 Å². The van der Waals surface area contributed by atoms with Gasteiger partial charge < -0.3 is 0 Å². The second kappa shape index (κ2) is 3.59. The molecule has 0 atom stereocenters. The monoisotopic (exact) mass is 246 g/mol. The van der Waals surface area contributed by atoms with Crippen LogP contribution in [0.1, 0.15) is 37.2 Å². The number of amides is 2. The molecule has 0 aromatic carbocycles. The molecule has 2 heterocycles. The molecule has 0 radical (unpaired) electrons. The molecule has 1 aliphatic carbocycles. The van der Waals surface area contributed by atoms with Crippen LogP contribution in [0.4, 0.5) is 0 Å². The van der Waals surface area contributed by atoms with E-state index in [0.717, 1.165) is 17.5 Å². The largest absolute Gasteiger partial charge is 0.292 e. The highest BCUT2D eigenvalue weighted by Gasteiger charge is 2.33. The Labute approximate surface area is 102 Å². The highest BCUT2D eigenvalue weighted by atomic mass is 16.2. The zero-order chi connectivity index (χ0) is 12.9. The summed E-state index contributed by atoms with van der Waals surface area (Å²) in [5.74, 6) is -0.662. The van der Waals surface area contributed by atoms with Crippen molar-refractivity contribution in [1.82, 2.24) is 9.66 Å². The molecule has 1 N–H and O–H groups in total. The summed E-state index contributed by atoms with van der Waals surface area (Å²) in [4.78, 5) is 42.3. The van der Waals surface area contributed by atoms with E-state index < -0.39 is 11.8 Å². The standard InChI is InChI=1S/C11H10N4O3/c1-5(16)12-9-10-13-7(6-2-3-6)4-8(17)15(10)14-11(9)18/h4,6H,2-3H2,1H3,(H,14,18). The molecule has 1 fully saturated rings. The van der Waals surface area contributed by atoms with Gasteiger partial charge in [0.05, 0.1) is 5.69 Å². The molecule has 0 saturated heterocycles. The highest BCUT2D eigenvalue weighted by molar-refractivity contribution is 6.50. The molecule has 2 amide bonds. The van der Waals surface area contributed by atoms with Crippen LogP contribution in [0.2, 0.25) is 0 Å². The highest BCUT2D eigenvalue weighted by Crippen LogP contribution is 2.38. The van der Waals surface area contributed by atoms with Gasteiger partial charge in [0, 0.05) is 18.9 Å². The molecule has 7 heteroatoms. The van der Waals surface area contributed by atoms with Crippen molar-refractivity contribution in [2.24, 2.45) is 4.99 Å². The second-order valence-electron chi connectivity index (χ2n) is 4.37. The van der Waals surface area contributed by atoms with E-state index in [-0.39, 0.29) is 23.0 Å². The van der Waals surface area contributed by atoms with Crippen LogP contribution < -0.4 is 11.0 Å². The molecule has 1 aromatic rings. The number of hydrogen-bond donors (Lipinski definition) is 1. The first-order chi connectivity index (χ1) is 8.56. The Balaban J connectivity index is 2.19. The van der Waals surface area contributed by atoms with Crippen LogP contribution in [0, 0.1) is 0 Å². The van der Waals surface area contributed by atoms with Gasteiger partial charge in [-0.3, -0.25) is 19.8 Å². The van der Waals surface area contributed by atoms with Crippen molar-refractivity contribution in [3.05, 3.63) is 27.9 Å². The maximum Gasteiger partial charge on any atom is 0.292 e. The van der Waals surface area contributed by atoms with Gasteiger partial charge in [-0.2, -0.15) is 4.68 Å². The van der Waals surface area contributed by atoms with Crippen LogP contribution in [0.3, 0.4) is 0 Å². The van der Waals surface area contributed by atoms with E-state index in [1.165, 1.54) is 13.0 Å². The van der Waals surface area contributed by atoms with Crippen LogP contribution in [0.5, 0.6) is 0 Å². The number of rotatable bonds is 1. The average Bonchev–Trinajstić information content (AvgIpc) is 3.08. The summed E-state index contributed by atoms with van der Waals surface area (Å²) in [5.41, 5.74) is 2.54. The lowest BCUT2D eigenvalue weighted by molar-refractivity contribution is -0.116. The summed E-state index contributed by atoms with van der Waals surface area (Å²) >= 11 is 0. The minimum absolute atomic E-state index is 0.0953. The maximum atomic E-state index is 11.8. The van der Waals surface area contributed by atoms with E-state index >= 15 is 0 Å². The minimum atomic E-state index is -0.581. The Hall–Kier alpha value is -2.31. The number of nitrogens with one attached hydrogen (secondary N) is 1. The fraction of sp³-hybridized carbons (Fsp3) is 0.364. The van der Waals surface area contributed by atoms with Gasteiger partial charge in [0.25, 0.3) is 11.5 Å². The first-order valence-corrected chi connectivity index (χ1v) is 5.61. The Bertz CT molecular complexity index is 655. The summed E-state index contributed by atoms with van der Waals surface area (Å²) in [5, 5.41) is 0. The van der Waals surface area contributed by atoms with Gasteiger partial charge in [-0.05, 0) is 12.8 Å². The fourth-order valence-corrected chi connectivity index (χ4v) is 1.87. The van der Waals surface area contributed by atoms with E-state index in [4.69, 9.17) is 0 Å². The first-order valence-electron chi connectivity index (χ1n) is 5.61. The molecular formula is C11H10N4O3. The van der Waals surface area contributed by atoms with Crippen molar-refractivity contribution in [1.29, 1.82) is 0 Å². The van der Waals surface area contributed by atoms with Crippen LogP contribution in [0.25, 0.3) is 0 Å². The fourth-order valence-electron chi connectivity index (χ4n) is 1.87. The van der Waals surface area contributed by atoms with E-state index in [1.54, 1.807) is 0 Å². The van der Waals surface area contributed by atoms with Crippen molar-refractivity contribution in [2.75, 3.05) is 5.43 Å². The molecule has 0 spiro atoms. The van der Waals surface area contributed by atoms with Gasteiger partial charge in [0.1, 0.15) is 0 Å². The van der Waals surface area contributed by atoms with Crippen molar-refractivity contribution in [3.63, 3.8) is 0 Å². The molecule has 18 heavy (non-hydrogen) atoms. The Morgan fingerprint density at radius 1 is 1.50 bits per heavy atom. The third-order valence-corrected chi connectivity index (χ3v) is 2.84. The molecule has 0 unspecified atom stereocenters. The molecule has 1 saturated carbocycles. The lowest BCUT2D eigenvalue weighted by Gasteiger charge is -2.02. The van der Waals surface area contributed by atoms with Crippen molar-refractivity contribution >= 4 is 17.5 Å². The number of aromatic nitrogens is 2. The number of aliphatic imine (C=N–C) groups is 1. The Kier molecular flexibility index (Phi) is 2.16. The van der Waals surface area contributed by atoms with Crippen molar-refractivity contribution < 1.29 is 9.59 Å². The molecule has 1 aromatic heterocycles. The van der Waals surface area contributed by atoms with Crippen molar-refractivity contribution in [3.8, 4) is 0 Å². The summed E-state index contributed by atoms with van der Waals surface area (Å²) in [7, 11) is 0. The van der Waals surface area contributed by atoms with Crippen LogP contribution in [-0.4, -0.2) is 27.2 Å². The number of carbonyl (C=O) groups is 2. The number of carbonyl (C=O) groups excluding carboxylic acids is 2. The summed E-state index contributed by atoms with van der Waals surface area (Å²) in [6, 6.07) is 1.41. The van der Waals surface area contributed by atoms with Gasteiger partial charge in [-0.15, -0.1) is 0 Å². The molecule has 0 bridgehead atoms. The number of hydrogen-bond acceptors (Lipinski definition) is 4. The molecule has 2 aliphatic rings. The Morgan fingerprint density at radius 3 is 2.83 bits per heavy atom. The molecule has 7 nitrogen and oxygen atoms in total. The van der Waals surface area contributed by atoms with Crippen molar-refractivity contribution in [2.45, 2.75) is 25.7 Å². The molecular weight excluding hydrogens is 236 g/mol. The predicted molar refractivity (Wildman–Crippen MR) is 62.1 cm³/mol. The summed E-state index contributed by atoms with van der Waals surface area (Å²) in [6.45, 7) is 1.24. The van der Waals surface area contributed by atoms with Gasteiger partial charge in [0.2, 0.25) is 5.91 Å². The van der Waals surface area contributed by atoms with E-state index in [1.807, 2.05) is 0 Å². The minimum Gasteiger partial charge on any atom is -0.273 e. The van der Waals surface area contributed by atoms with E-state index in [9.17, 15) is 14.4 Å². The third kappa shape index (κ3) is 1.64. The SMILES string of the molecule is CC(=O)N=C1C(=O)Nn2c1nc(C1CC1)cc2=O. The predicted octanol–water partition coefficient (Wildman–Crippen LogP) is -0.460. The first kappa shape index (κ1) is 10.8. The lowest BCUT2D eigenvalue weighted by Crippen LogP contribution is -2.28. The zero-order valence-corrected chi connectivity index (χ0v) is 9.64. The smallest absolute Gasteiger partial charge is 0.273 e. The van der Waals surface area contributed by atoms with Crippen LogP contribution >= 0.6 is 0 Å². The Morgan fingerprint density at radius 2 is 2.22 bits per heavy atom. The number of fused-ring (bicyclic) bond motifs is 1. The third-order valence-electron chi connectivity index (χ3n) is 2.84. The maximum absolute atomic E-state index is 11.8. The van der Waals surface area contributed by atoms with Crippen LogP contribution in [-0.2, 0) is 9.59 Å². The molecule has 1 aliphatic heterocycles. The lowest BCUT2D eigenvalue weighted by atomic mass is 10.2. The quantitative estimate of drug-likeness (QED) is 0.725. The molecule has 92 valence electrons. The van der Waals surface area contributed by atoms with E-state index in [2.05, 4.69) is 15.4 Å². The van der Waals surface area contributed by atoms with Crippen LogP contribution in [0.15, 0.2) is 15.9 Å². The summed E-state index contributed by atoms with van der Waals surface area (Å²) < 4.78 is 1.02. The topological polar surface area (TPSA) is 93.4 Å². The number of nitrogens with zero attached hydrogens (tertiary/aromatic N) is 3. The van der Waals surface area contributed by atoms with Gasteiger partial charge in [0.15, 0.2) is 11.5 Å². The van der Waals surface area contributed by atoms with Gasteiger partial charge in [-0.1, -0.05) is 0 Å². The molecule has 3 rings (SSSR count). The zero-order valence-electron chi connectivity index (χ0n) is 9.64. The van der Waals surface area contributed by atoms with Gasteiger partial charge >= 0.3 is 0 Å². The van der Waals surface area contributed by atoms with E-state index in [0.29, 0.717) is 5.69 Å². The average molecular weight is 246 g/mol. The summed E-state index contributed by atoms with van der Waals surface area (Å²) in [6.07, 6.45) is 1.99. The normalized spacial score (nSPS) is 19.8. The second-order valence-corrected chi connectivity index (χ2v) is 4.37.